The SMILES string of the molecule is CCCCCCC/C=C\C/C=C\CCCCCCCCCCCCCC(=O)OC(COCCCCCCCCCCCCCCCC/C=C\CCCCCCCCCC)COP(=O)(O)OCCN. The van der Waals surface area contributed by atoms with Gasteiger partial charge in [-0.25, -0.2) is 4.57 Å². The average Bonchev–Trinajstić information content (AvgIpc) is 3.33. The summed E-state index contributed by atoms with van der Waals surface area (Å²) in [4.78, 5) is 22.7. The zero-order valence-corrected chi connectivity index (χ0v) is 46.0. The topological polar surface area (TPSA) is 117 Å². The quantitative estimate of drug-likeness (QED) is 0.0268. The number of rotatable bonds is 57. The van der Waals surface area contributed by atoms with E-state index in [-0.39, 0.29) is 32.3 Å². The van der Waals surface area contributed by atoms with Gasteiger partial charge in [-0.15, -0.1) is 0 Å². The van der Waals surface area contributed by atoms with Crippen molar-refractivity contribution in [2.75, 3.05) is 33.0 Å². The Morgan fingerprint density at radius 2 is 0.779 bits per heavy atom. The van der Waals surface area contributed by atoms with Crippen LogP contribution in [-0.2, 0) is 27.9 Å². The summed E-state index contributed by atoms with van der Waals surface area (Å²) in [5, 5.41) is 0. The van der Waals surface area contributed by atoms with E-state index in [9.17, 15) is 14.3 Å². The number of unbranched alkanes of at least 4 members (excludes halogenated alkanes) is 38. The predicted molar refractivity (Wildman–Crippen MR) is 293 cm³/mol. The Hall–Kier alpha value is -1.28. The van der Waals surface area contributed by atoms with Crippen LogP contribution < -0.4 is 5.73 Å². The van der Waals surface area contributed by atoms with E-state index >= 15 is 0 Å². The lowest BCUT2D eigenvalue weighted by Crippen LogP contribution is -2.28. The second-order valence-corrected chi connectivity index (χ2v) is 21.3. The molecule has 0 fully saturated rings. The van der Waals surface area contributed by atoms with Gasteiger partial charge in [0.15, 0.2) is 0 Å². The summed E-state index contributed by atoms with van der Waals surface area (Å²) in [6.45, 7) is 4.97. The van der Waals surface area contributed by atoms with Crippen molar-refractivity contribution in [3.05, 3.63) is 36.5 Å². The van der Waals surface area contributed by atoms with Crippen LogP contribution in [0.5, 0.6) is 0 Å². The maximum absolute atomic E-state index is 12.7. The smallest absolute Gasteiger partial charge is 0.457 e. The summed E-state index contributed by atoms with van der Waals surface area (Å²) in [5.74, 6) is -0.327. The van der Waals surface area contributed by atoms with E-state index in [0.717, 1.165) is 38.5 Å². The lowest BCUT2D eigenvalue weighted by Gasteiger charge is -2.20. The molecule has 0 aliphatic heterocycles. The van der Waals surface area contributed by atoms with Crippen LogP contribution in [0.1, 0.15) is 296 Å². The summed E-state index contributed by atoms with van der Waals surface area (Å²) in [6, 6.07) is 0. The Bertz CT molecular complexity index is 1150. The standard InChI is InChI=1S/C59H114NO7P/c1-3-5-7-9-11-13-15-17-19-21-23-25-27-28-29-31-33-35-37-39-41-43-45-47-49-51-54-64-56-58(57-66-68(62,63)65-55-53-60)67-59(61)52-50-48-46-44-42-40-38-36-34-32-30-26-24-22-20-18-16-14-12-10-8-6-4-2/h16,18,21-24,58H,3-15,17,19-20,25-57,60H2,1-2H3,(H,62,63)/b18-16-,23-21-,24-22-. The van der Waals surface area contributed by atoms with Crippen LogP contribution in [0.4, 0.5) is 0 Å². The molecule has 0 saturated heterocycles. The van der Waals surface area contributed by atoms with Crippen LogP contribution in [0.3, 0.4) is 0 Å². The minimum absolute atomic E-state index is 0.0945. The molecule has 0 radical (unpaired) electrons. The van der Waals surface area contributed by atoms with E-state index in [1.54, 1.807) is 0 Å². The minimum Gasteiger partial charge on any atom is -0.457 e. The molecular formula is C59H114NO7P. The first-order valence-corrected chi connectivity index (χ1v) is 31.0. The molecule has 0 rings (SSSR count). The van der Waals surface area contributed by atoms with Gasteiger partial charge in [-0.2, -0.15) is 0 Å². The van der Waals surface area contributed by atoms with E-state index in [1.807, 2.05) is 0 Å². The lowest BCUT2D eigenvalue weighted by molar-refractivity contribution is -0.154. The van der Waals surface area contributed by atoms with E-state index in [0.29, 0.717) is 13.0 Å². The van der Waals surface area contributed by atoms with E-state index in [4.69, 9.17) is 24.3 Å². The highest BCUT2D eigenvalue weighted by molar-refractivity contribution is 7.47. The van der Waals surface area contributed by atoms with Gasteiger partial charge in [0.05, 0.1) is 19.8 Å². The van der Waals surface area contributed by atoms with E-state index in [2.05, 4.69) is 50.3 Å². The highest BCUT2D eigenvalue weighted by Gasteiger charge is 2.25. The fourth-order valence-electron chi connectivity index (χ4n) is 8.67. The molecular weight excluding hydrogens is 866 g/mol. The summed E-state index contributed by atoms with van der Waals surface area (Å²) in [5.41, 5.74) is 5.41. The van der Waals surface area contributed by atoms with Crippen molar-refractivity contribution >= 4 is 13.8 Å². The Morgan fingerprint density at radius 1 is 0.441 bits per heavy atom. The average molecular weight is 981 g/mol. The third-order valence-electron chi connectivity index (χ3n) is 13.0. The number of nitrogens with two attached hydrogens (primary N) is 1. The van der Waals surface area contributed by atoms with Crippen molar-refractivity contribution in [2.24, 2.45) is 5.73 Å². The Morgan fingerprint density at radius 3 is 1.16 bits per heavy atom. The van der Waals surface area contributed by atoms with Gasteiger partial charge in [0.1, 0.15) is 6.10 Å². The monoisotopic (exact) mass is 980 g/mol. The van der Waals surface area contributed by atoms with Gasteiger partial charge >= 0.3 is 13.8 Å². The number of carbonyl (C=O) groups is 1. The number of phosphoric ester groups is 1. The molecule has 0 aliphatic rings. The summed E-state index contributed by atoms with van der Waals surface area (Å²) in [7, 11) is -4.29. The molecule has 0 aromatic carbocycles. The van der Waals surface area contributed by atoms with Gasteiger partial charge in [0, 0.05) is 19.6 Å². The predicted octanol–water partition coefficient (Wildman–Crippen LogP) is 18.9. The molecule has 9 heteroatoms. The fraction of sp³-hybridized carbons (Fsp3) is 0.881. The van der Waals surface area contributed by atoms with Gasteiger partial charge in [-0.05, 0) is 70.6 Å². The molecule has 8 nitrogen and oxygen atoms in total. The number of ether oxygens (including phenoxy) is 2. The van der Waals surface area contributed by atoms with Crippen molar-refractivity contribution < 1.29 is 32.8 Å². The number of hydrogen-bond acceptors (Lipinski definition) is 7. The molecule has 0 heterocycles. The van der Waals surface area contributed by atoms with Gasteiger partial charge < -0.3 is 20.1 Å². The Kier molecular flexibility index (Phi) is 55.6. The molecule has 3 N–H and O–H groups in total. The maximum Gasteiger partial charge on any atom is 0.472 e. The maximum atomic E-state index is 12.7. The highest BCUT2D eigenvalue weighted by atomic mass is 31.2. The number of allylic oxidation sites excluding steroid dienone is 6. The molecule has 0 aromatic heterocycles. The highest BCUT2D eigenvalue weighted by Crippen LogP contribution is 2.43. The zero-order chi connectivity index (χ0) is 49.4. The van der Waals surface area contributed by atoms with Crippen LogP contribution in [-0.4, -0.2) is 49.9 Å². The largest absolute Gasteiger partial charge is 0.472 e. The number of phosphoric acid groups is 1. The second kappa shape index (κ2) is 56.6. The fourth-order valence-corrected chi connectivity index (χ4v) is 9.44. The lowest BCUT2D eigenvalue weighted by atomic mass is 10.0. The van der Waals surface area contributed by atoms with Gasteiger partial charge in [-0.3, -0.25) is 13.8 Å². The molecule has 402 valence electrons. The second-order valence-electron chi connectivity index (χ2n) is 19.9. The molecule has 2 unspecified atom stereocenters. The first-order valence-electron chi connectivity index (χ1n) is 29.5. The molecule has 2 atom stereocenters. The number of carbonyl (C=O) groups excluding carboxylic acids is 1. The van der Waals surface area contributed by atoms with Crippen molar-refractivity contribution in [3.8, 4) is 0 Å². The number of esters is 1. The molecule has 0 spiro atoms. The van der Waals surface area contributed by atoms with Crippen LogP contribution in [0, 0.1) is 0 Å². The third kappa shape index (κ3) is 55.6. The normalized spacial score (nSPS) is 13.4. The van der Waals surface area contributed by atoms with Crippen LogP contribution in [0.2, 0.25) is 0 Å². The first kappa shape index (κ1) is 66.7. The molecule has 0 bridgehead atoms. The van der Waals surface area contributed by atoms with E-state index in [1.165, 1.54) is 238 Å². The summed E-state index contributed by atoms with van der Waals surface area (Å²) in [6.07, 6.45) is 69.2. The van der Waals surface area contributed by atoms with E-state index < -0.39 is 13.9 Å². The molecule has 0 saturated carbocycles. The van der Waals surface area contributed by atoms with Gasteiger partial charge in [0.2, 0.25) is 0 Å². The van der Waals surface area contributed by atoms with Crippen molar-refractivity contribution in [2.45, 2.75) is 302 Å². The summed E-state index contributed by atoms with van der Waals surface area (Å²) < 4.78 is 33.7. The van der Waals surface area contributed by atoms with Gasteiger partial charge in [0.25, 0.3) is 0 Å². The minimum atomic E-state index is -4.29. The van der Waals surface area contributed by atoms with Crippen molar-refractivity contribution in [1.82, 2.24) is 0 Å². The van der Waals surface area contributed by atoms with Crippen LogP contribution in [0.15, 0.2) is 36.5 Å². The Balaban J connectivity index is 3.85. The first-order chi connectivity index (χ1) is 33.4. The molecule has 0 aromatic rings. The van der Waals surface area contributed by atoms with Gasteiger partial charge in [-0.1, -0.05) is 256 Å². The van der Waals surface area contributed by atoms with Crippen LogP contribution in [0.25, 0.3) is 0 Å². The molecule has 0 aliphatic carbocycles. The number of hydrogen-bond donors (Lipinski definition) is 2. The third-order valence-corrected chi connectivity index (χ3v) is 14.0. The zero-order valence-electron chi connectivity index (χ0n) is 45.1. The summed E-state index contributed by atoms with van der Waals surface area (Å²) >= 11 is 0. The van der Waals surface area contributed by atoms with Crippen LogP contribution >= 0.6 is 7.82 Å². The molecule has 0 amide bonds. The van der Waals surface area contributed by atoms with Crippen molar-refractivity contribution in [1.29, 1.82) is 0 Å². The van der Waals surface area contributed by atoms with Crippen molar-refractivity contribution in [3.63, 3.8) is 0 Å². The Labute approximate surface area is 422 Å². The molecule has 68 heavy (non-hydrogen) atoms.